The number of nitro benzene ring substituents is 1. The van der Waals surface area contributed by atoms with E-state index in [0.717, 1.165) is 11.8 Å². The number of phenolic OH excluding ortho intramolecular Hbond substituents is 1. The number of rotatable bonds is 3. The van der Waals surface area contributed by atoms with Crippen molar-refractivity contribution < 1.29 is 14.8 Å². The number of carbonyl (C=O) groups is 1. The lowest BCUT2D eigenvalue weighted by Gasteiger charge is -2.14. The van der Waals surface area contributed by atoms with Crippen molar-refractivity contribution in [2.45, 2.75) is 0 Å². The molecule has 120 valence electrons. The molecule has 24 heavy (non-hydrogen) atoms. The Morgan fingerprint density at radius 3 is 2.50 bits per heavy atom. The summed E-state index contributed by atoms with van der Waals surface area (Å²) in [5.41, 5.74) is 0.794. The highest BCUT2D eigenvalue weighted by Crippen LogP contribution is 2.37. The van der Waals surface area contributed by atoms with Crippen LogP contribution in [0.15, 0.2) is 53.4 Å². The number of thiocarbonyl (C=S) groups is 1. The van der Waals surface area contributed by atoms with Gasteiger partial charge in [0.15, 0.2) is 4.32 Å². The summed E-state index contributed by atoms with van der Waals surface area (Å²) in [5, 5.41) is 20.4. The van der Waals surface area contributed by atoms with Crippen molar-refractivity contribution in [2.75, 3.05) is 4.90 Å². The number of thioether (sulfide) groups is 1. The van der Waals surface area contributed by atoms with Crippen LogP contribution in [0.4, 0.5) is 11.4 Å². The first-order chi connectivity index (χ1) is 11.5. The average Bonchev–Trinajstić information content (AvgIpc) is 2.83. The van der Waals surface area contributed by atoms with E-state index in [4.69, 9.17) is 12.2 Å². The first-order valence-corrected chi connectivity index (χ1v) is 8.00. The highest BCUT2D eigenvalue weighted by atomic mass is 32.2. The van der Waals surface area contributed by atoms with E-state index in [9.17, 15) is 20.0 Å². The Morgan fingerprint density at radius 1 is 1.17 bits per heavy atom. The summed E-state index contributed by atoms with van der Waals surface area (Å²) in [6.07, 6.45) is 1.47. The predicted molar refractivity (Wildman–Crippen MR) is 96.9 cm³/mol. The minimum absolute atomic E-state index is 0.0765. The van der Waals surface area contributed by atoms with Gasteiger partial charge in [0.05, 0.1) is 21.1 Å². The molecule has 1 aliphatic rings. The molecule has 0 atom stereocenters. The van der Waals surface area contributed by atoms with Crippen LogP contribution in [0.5, 0.6) is 5.75 Å². The van der Waals surface area contributed by atoms with Crippen LogP contribution in [0, 0.1) is 10.1 Å². The Balaban J connectivity index is 1.97. The zero-order valence-corrected chi connectivity index (χ0v) is 13.7. The molecule has 6 nitrogen and oxygen atoms in total. The molecule has 2 aromatic carbocycles. The van der Waals surface area contributed by atoms with Gasteiger partial charge in [-0.1, -0.05) is 36.1 Å². The third-order valence-electron chi connectivity index (χ3n) is 3.32. The summed E-state index contributed by atoms with van der Waals surface area (Å²) in [6, 6.07) is 12.3. The number of nitro groups is 1. The normalized spacial score (nSPS) is 16.0. The minimum atomic E-state index is -0.494. The minimum Gasteiger partial charge on any atom is -0.508 e. The van der Waals surface area contributed by atoms with Gasteiger partial charge in [-0.05, 0) is 36.4 Å². The zero-order chi connectivity index (χ0) is 17.3. The number of anilines is 1. The molecular weight excluding hydrogens is 348 g/mol. The number of benzene rings is 2. The second kappa shape index (κ2) is 6.42. The summed E-state index contributed by atoms with van der Waals surface area (Å²) in [7, 11) is 0. The molecule has 1 N–H and O–H groups in total. The van der Waals surface area contributed by atoms with Gasteiger partial charge in [-0.2, -0.15) is 0 Å². The molecule has 2 aromatic rings. The molecule has 1 amide bonds. The van der Waals surface area contributed by atoms with Crippen molar-refractivity contribution in [1.29, 1.82) is 0 Å². The fourth-order valence-corrected chi connectivity index (χ4v) is 3.50. The Hall–Kier alpha value is -2.71. The number of amides is 1. The summed E-state index contributed by atoms with van der Waals surface area (Å²) < 4.78 is 0.329. The quantitative estimate of drug-likeness (QED) is 0.390. The van der Waals surface area contributed by atoms with E-state index in [2.05, 4.69) is 0 Å². The van der Waals surface area contributed by atoms with Crippen LogP contribution in [0.25, 0.3) is 6.08 Å². The van der Waals surface area contributed by atoms with Gasteiger partial charge in [0, 0.05) is 6.07 Å². The number of nitrogens with zero attached hydrogens (tertiary/aromatic N) is 2. The SMILES string of the molecule is O=C1C(=Cc2ccccc2[N+](=O)[O-])SC(=S)N1c1ccc(O)cc1. The summed E-state index contributed by atoms with van der Waals surface area (Å²) in [5.74, 6) is -0.270. The smallest absolute Gasteiger partial charge is 0.276 e. The lowest BCUT2D eigenvalue weighted by molar-refractivity contribution is -0.385. The molecule has 0 aromatic heterocycles. The monoisotopic (exact) mass is 358 g/mol. The highest BCUT2D eigenvalue weighted by molar-refractivity contribution is 8.27. The van der Waals surface area contributed by atoms with Crippen LogP contribution in [0.3, 0.4) is 0 Å². The van der Waals surface area contributed by atoms with Crippen LogP contribution in [-0.4, -0.2) is 20.3 Å². The number of phenols is 1. The summed E-state index contributed by atoms with van der Waals surface area (Å²) in [4.78, 5) is 24.8. The van der Waals surface area contributed by atoms with Gasteiger partial charge in [0.1, 0.15) is 5.75 Å². The molecule has 0 radical (unpaired) electrons. The van der Waals surface area contributed by atoms with Crippen molar-refractivity contribution in [2.24, 2.45) is 0 Å². The Bertz CT molecular complexity index is 878. The van der Waals surface area contributed by atoms with Gasteiger partial charge in [-0.3, -0.25) is 19.8 Å². The van der Waals surface area contributed by atoms with E-state index in [-0.39, 0.29) is 17.3 Å². The first kappa shape index (κ1) is 16.2. The van der Waals surface area contributed by atoms with Crippen LogP contribution < -0.4 is 4.90 Å². The maximum absolute atomic E-state index is 12.6. The maximum Gasteiger partial charge on any atom is 0.276 e. The molecule has 0 aliphatic carbocycles. The van der Waals surface area contributed by atoms with Gasteiger partial charge >= 0.3 is 0 Å². The van der Waals surface area contributed by atoms with E-state index < -0.39 is 4.92 Å². The van der Waals surface area contributed by atoms with E-state index >= 15 is 0 Å². The number of carbonyl (C=O) groups excluding carboxylic acids is 1. The fraction of sp³-hybridized carbons (Fsp3) is 0. The van der Waals surface area contributed by atoms with Crippen molar-refractivity contribution in [3.8, 4) is 5.75 Å². The van der Waals surface area contributed by atoms with Crippen molar-refractivity contribution >= 4 is 51.7 Å². The number of para-hydroxylation sites is 1. The molecule has 8 heteroatoms. The molecular formula is C16H10N2O4S2. The van der Waals surface area contributed by atoms with Crippen molar-refractivity contribution in [3.63, 3.8) is 0 Å². The largest absolute Gasteiger partial charge is 0.508 e. The lowest BCUT2D eigenvalue weighted by Crippen LogP contribution is -2.27. The average molecular weight is 358 g/mol. The molecule has 0 saturated carbocycles. The second-order valence-corrected chi connectivity index (χ2v) is 6.53. The molecule has 0 spiro atoms. The molecule has 1 fully saturated rings. The standard InChI is InChI=1S/C16H10N2O4S2/c19-12-7-5-11(6-8-12)17-15(20)14(24-16(17)23)9-10-3-1-2-4-13(10)18(21)22/h1-9,19H. The van der Waals surface area contributed by atoms with E-state index in [1.807, 2.05) is 0 Å². The lowest BCUT2D eigenvalue weighted by atomic mass is 10.1. The summed E-state index contributed by atoms with van der Waals surface area (Å²) >= 11 is 6.32. The van der Waals surface area contributed by atoms with Crippen LogP contribution in [0.2, 0.25) is 0 Å². The van der Waals surface area contributed by atoms with Crippen LogP contribution >= 0.6 is 24.0 Å². The molecule has 1 saturated heterocycles. The van der Waals surface area contributed by atoms with Crippen LogP contribution in [0.1, 0.15) is 5.56 Å². The second-order valence-electron chi connectivity index (χ2n) is 4.85. The molecule has 3 rings (SSSR count). The van der Waals surface area contributed by atoms with Gasteiger partial charge in [-0.25, -0.2) is 0 Å². The van der Waals surface area contributed by atoms with Crippen molar-refractivity contribution in [1.82, 2.24) is 0 Å². The van der Waals surface area contributed by atoms with Crippen molar-refractivity contribution in [3.05, 3.63) is 69.1 Å². The molecule has 1 heterocycles. The molecule has 0 unspecified atom stereocenters. The van der Waals surface area contributed by atoms with E-state index in [1.165, 1.54) is 29.2 Å². The Morgan fingerprint density at radius 2 is 1.83 bits per heavy atom. The van der Waals surface area contributed by atoms with Gasteiger partial charge in [0.25, 0.3) is 11.6 Å². The highest BCUT2D eigenvalue weighted by Gasteiger charge is 2.33. The van der Waals surface area contributed by atoms with E-state index in [0.29, 0.717) is 20.5 Å². The Labute approximate surface area is 146 Å². The fourth-order valence-electron chi connectivity index (χ4n) is 2.21. The molecule has 1 aliphatic heterocycles. The molecule has 0 bridgehead atoms. The number of hydrogen-bond donors (Lipinski definition) is 1. The zero-order valence-electron chi connectivity index (χ0n) is 12.1. The van der Waals surface area contributed by atoms with Gasteiger partial charge < -0.3 is 5.11 Å². The van der Waals surface area contributed by atoms with Gasteiger partial charge in [-0.15, -0.1) is 0 Å². The summed E-state index contributed by atoms with van der Waals surface area (Å²) in [6.45, 7) is 0. The third kappa shape index (κ3) is 3.01. The maximum atomic E-state index is 12.6. The number of aromatic hydroxyl groups is 1. The van der Waals surface area contributed by atoms with E-state index in [1.54, 1.807) is 30.3 Å². The first-order valence-electron chi connectivity index (χ1n) is 6.78. The number of hydrogen-bond acceptors (Lipinski definition) is 6. The van der Waals surface area contributed by atoms with Crippen LogP contribution in [-0.2, 0) is 4.79 Å². The van der Waals surface area contributed by atoms with Gasteiger partial charge in [0.2, 0.25) is 0 Å². The third-order valence-corrected chi connectivity index (χ3v) is 4.62. The predicted octanol–water partition coefficient (Wildman–Crippen LogP) is 3.71. The Kier molecular flexibility index (Phi) is 4.32. The topological polar surface area (TPSA) is 83.7 Å².